The van der Waals surface area contributed by atoms with E-state index in [1.807, 2.05) is 49.8 Å². The monoisotopic (exact) mass is 390 g/mol. The molecule has 29 heavy (non-hydrogen) atoms. The summed E-state index contributed by atoms with van der Waals surface area (Å²) in [6.07, 6.45) is 5.62. The van der Waals surface area contributed by atoms with E-state index in [0.29, 0.717) is 18.8 Å². The van der Waals surface area contributed by atoms with E-state index in [1.165, 1.54) is 5.56 Å². The summed E-state index contributed by atoms with van der Waals surface area (Å²) in [4.78, 5) is 21.3. The molecule has 1 aliphatic rings. The molecule has 0 fully saturated rings. The Balaban J connectivity index is 1.76. The number of amides is 1. The van der Waals surface area contributed by atoms with E-state index >= 15 is 0 Å². The SMILES string of the molecule is CN1CCN(C)C(c2ccc(CO)cc2)Cn2cc(-c3cccnc3)cc2C1=O. The Morgan fingerprint density at radius 3 is 2.59 bits per heavy atom. The minimum absolute atomic E-state index is 0.0322. The van der Waals surface area contributed by atoms with E-state index < -0.39 is 0 Å². The molecule has 1 unspecified atom stereocenters. The van der Waals surface area contributed by atoms with Crippen LogP contribution in [0.2, 0.25) is 0 Å². The number of carbonyl (C=O) groups excluding carboxylic acids is 1. The van der Waals surface area contributed by atoms with Gasteiger partial charge in [-0.1, -0.05) is 30.3 Å². The van der Waals surface area contributed by atoms with Crippen LogP contribution in [0.3, 0.4) is 0 Å². The van der Waals surface area contributed by atoms with Crippen molar-refractivity contribution in [2.75, 3.05) is 27.2 Å². The fourth-order valence-electron chi connectivity index (χ4n) is 3.82. The van der Waals surface area contributed by atoms with Crippen LogP contribution in [0.25, 0.3) is 11.1 Å². The number of aliphatic hydroxyl groups excluding tert-OH is 1. The van der Waals surface area contributed by atoms with Crippen LogP contribution in [0.5, 0.6) is 0 Å². The van der Waals surface area contributed by atoms with E-state index in [1.54, 1.807) is 11.1 Å². The van der Waals surface area contributed by atoms with Gasteiger partial charge in [-0.25, -0.2) is 0 Å². The highest BCUT2D eigenvalue weighted by Gasteiger charge is 2.26. The third-order valence-electron chi connectivity index (χ3n) is 5.69. The quantitative estimate of drug-likeness (QED) is 0.747. The third kappa shape index (κ3) is 3.95. The summed E-state index contributed by atoms with van der Waals surface area (Å²) >= 11 is 0. The molecule has 0 saturated carbocycles. The second-order valence-corrected chi connectivity index (χ2v) is 7.63. The molecule has 1 atom stereocenters. The molecule has 1 aromatic carbocycles. The maximum Gasteiger partial charge on any atom is 0.270 e. The molecule has 1 amide bonds. The highest BCUT2D eigenvalue weighted by molar-refractivity contribution is 5.94. The Morgan fingerprint density at radius 1 is 1.10 bits per heavy atom. The van der Waals surface area contributed by atoms with Gasteiger partial charge < -0.3 is 14.6 Å². The standard InChI is InChI=1S/C23H26N4O2/c1-25-10-11-26(2)23(29)21-12-20(19-4-3-9-24-13-19)14-27(21)15-22(25)18-7-5-17(16-28)6-8-18/h3-9,12-14,22,28H,10-11,15-16H2,1-2H3. The van der Waals surface area contributed by atoms with Crippen LogP contribution in [-0.4, -0.2) is 57.5 Å². The van der Waals surface area contributed by atoms with Crippen molar-refractivity contribution in [1.29, 1.82) is 0 Å². The molecule has 1 N–H and O–H groups in total. The lowest BCUT2D eigenvalue weighted by Crippen LogP contribution is -2.35. The first-order valence-electron chi connectivity index (χ1n) is 9.83. The first-order chi connectivity index (χ1) is 14.1. The van der Waals surface area contributed by atoms with Crippen molar-refractivity contribution < 1.29 is 9.90 Å². The van der Waals surface area contributed by atoms with Gasteiger partial charge >= 0.3 is 0 Å². The summed E-state index contributed by atoms with van der Waals surface area (Å²) in [7, 11) is 3.95. The molecule has 0 radical (unpaired) electrons. The minimum atomic E-state index is 0.0322. The average molecular weight is 390 g/mol. The van der Waals surface area contributed by atoms with Crippen LogP contribution in [0.1, 0.15) is 27.7 Å². The van der Waals surface area contributed by atoms with Gasteiger partial charge in [0, 0.05) is 56.4 Å². The van der Waals surface area contributed by atoms with E-state index in [2.05, 4.69) is 33.6 Å². The van der Waals surface area contributed by atoms with Crippen molar-refractivity contribution in [3.05, 3.63) is 77.9 Å². The minimum Gasteiger partial charge on any atom is -0.392 e. The molecule has 150 valence electrons. The van der Waals surface area contributed by atoms with Gasteiger partial charge in [0.25, 0.3) is 5.91 Å². The lowest BCUT2D eigenvalue weighted by Gasteiger charge is -2.29. The number of hydrogen-bond donors (Lipinski definition) is 1. The Kier molecular flexibility index (Phi) is 5.47. The van der Waals surface area contributed by atoms with Crippen LogP contribution in [0, 0.1) is 0 Å². The summed E-state index contributed by atoms with van der Waals surface area (Å²) < 4.78 is 2.06. The van der Waals surface area contributed by atoms with Gasteiger partial charge in [-0.2, -0.15) is 0 Å². The Labute approximate surface area is 171 Å². The third-order valence-corrected chi connectivity index (χ3v) is 5.69. The summed E-state index contributed by atoms with van der Waals surface area (Å²) in [6.45, 7) is 2.16. The smallest absolute Gasteiger partial charge is 0.270 e. The molecule has 1 aliphatic heterocycles. The highest BCUT2D eigenvalue weighted by atomic mass is 16.3. The predicted molar refractivity (Wildman–Crippen MR) is 112 cm³/mol. The Hall–Kier alpha value is -2.96. The molecule has 4 rings (SSSR count). The Morgan fingerprint density at radius 2 is 1.90 bits per heavy atom. The van der Waals surface area contributed by atoms with Crippen LogP contribution in [0.15, 0.2) is 61.1 Å². The fourth-order valence-corrected chi connectivity index (χ4v) is 3.82. The van der Waals surface area contributed by atoms with E-state index in [9.17, 15) is 9.90 Å². The topological polar surface area (TPSA) is 61.6 Å². The van der Waals surface area contributed by atoms with Gasteiger partial charge in [-0.15, -0.1) is 0 Å². The van der Waals surface area contributed by atoms with Crippen molar-refractivity contribution in [3.8, 4) is 11.1 Å². The lowest BCUT2D eigenvalue weighted by atomic mass is 10.0. The number of fused-ring (bicyclic) bond motifs is 1. The van der Waals surface area contributed by atoms with Crippen molar-refractivity contribution in [2.24, 2.45) is 0 Å². The number of nitrogens with zero attached hydrogens (tertiary/aromatic N) is 4. The zero-order valence-electron chi connectivity index (χ0n) is 16.8. The number of rotatable bonds is 3. The molecule has 0 spiro atoms. The highest BCUT2D eigenvalue weighted by Crippen LogP contribution is 2.28. The van der Waals surface area contributed by atoms with Gasteiger partial charge in [-0.3, -0.25) is 14.7 Å². The van der Waals surface area contributed by atoms with E-state index in [-0.39, 0.29) is 18.6 Å². The van der Waals surface area contributed by atoms with Crippen LogP contribution >= 0.6 is 0 Å². The fraction of sp³-hybridized carbons (Fsp3) is 0.304. The molecule has 3 heterocycles. The normalized spacial score (nSPS) is 18.1. The molecular formula is C23H26N4O2. The molecular weight excluding hydrogens is 364 g/mol. The van der Waals surface area contributed by atoms with Crippen molar-refractivity contribution in [1.82, 2.24) is 19.4 Å². The Bertz CT molecular complexity index is 982. The summed E-state index contributed by atoms with van der Waals surface area (Å²) in [5.41, 5.74) is 4.75. The van der Waals surface area contributed by atoms with Gasteiger partial charge in [0.15, 0.2) is 0 Å². The number of likely N-dealkylation sites (N-methyl/N-ethyl adjacent to an activating group) is 2. The van der Waals surface area contributed by atoms with Gasteiger partial charge in [0.1, 0.15) is 5.69 Å². The number of aliphatic hydroxyl groups is 1. The molecule has 0 bridgehead atoms. The van der Waals surface area contributed by atoms with Gasteiger partial charge in [0.2, 0.25) is 0 Å². The van der Waals surface area contributed by atoms with Gasteiger partial charge in [0.05, 0.1) is 12.6 Å². The van der Waals surface area contributed by atoms with Crippen LogP contribution < -0.4 is 0 Å². The van der Waals surface area contributed by atoms with Crippen LogP contribution in [0.4, 0.5) is 0 Å². The molecule has 6 heteroatoms. The molecule has 0 aliphatic carbocycles. The van der Waals surface area contributed by atoms with Crippen molar-refractivity contribution in [2.45, 2.75) is 19.2 Å². The number of hydrogen-bond acceptors (Lipinski definition) is 4. The van der Waals surface area contributed by atoms with Crippen LogP contribution in [-0.2, 0) is 13.2 Å². The second kappa shape index (κ2) is 8.19. The maximum atomic E-state index is 13.1. The summed E-state index contributed by atoms with van der Waals surface area (Å²) in [5, 5.41) is 9.35. The largest absolute Gasteiger partial charge is 0.392 e. The second-order valence-electron chi connectivity index (χ2n) is 7.63. The van der Waals surface area contributed by atoms with Crippen molar-refractivity contribution in [3.63, 3.8) is 0 Å². The number of carbonyl (C=O) groups is 1. The first kappa shape index (κ1) is 19.4. The zero-order chi connectivity index (χ0) is 20.4. The molecule has 0 saturated heterocycles. The average Bonchev–Trinajstić information content (AvgIpc) is 3.20. The number of pyridine rings is 1. The zero-order valence-corrected chi connectivity index (χ0v) is 16.8. The first-order valence-corrected chi connectivity index (χ1v) is 9.83. The molecule has 6 nitrogen and oxygen atoms in total. The molecule has 2 aromatic heterocycles. The predicted octanol–water partition coefficient (Wildman–Crippen LogP) is 2.80. The number of benzene rings is 1. The lowest BCUT2D eigenvalue weighted by molar-refractivity contribution is 0.0777. The number of aromatic nitrogens is 2. The van der Waals surface area contributed by atoms with E-state index in [0.717, 1.165) is 23.2 Å². The van der Waals surface area contributed by atoms with Gasteiger partial charge in [-0.05, 0) is 30.3 Å². The van der Waals surface area contributed by atoms with Crippen molar-refractivity contribution >= 4 is 5.91 Å². The summed E-state index contributed by atoms with van der Waals surface area (Å²) in [6, 6.07) is 14.1. The maximum absolute atomic E-state index is 13.1. The molecule has 3 aromatic rings. The van der Waals surface area contributed by atoms with E-state index in [4.69, 9.17) is 0 Å². The summed E-state index contributed by atoms with van der Waals surface area (Å²) in [5.74, 6) is 0.0322.